The molecular formula is C11H18O3. The van der Waals surface area contributed by atoms with Gasteiger partial charge >= 0.3 is 5.97 Å². The lowest BCUT2D eigenvalue weighted by Crippen LogP contribution is -2.13. The van der Waals surface area contributed by atoms with Gasteiger partial charge in [0.15, 0.2) is 0 Å². The third-order valence-corrected chi connectivity index (χ3v) is 2.15. The van der Waals surface area contributed by atoms with Crippen molar-refractivity contribution < 1.29 is 14.3 Å². The molecule has 0 saturated carbocycles. The highest BCUT2D eigenvalue weighted by molar-refractivity contribution is 5.77. The molecule has 0 radical (unpaired) electrons. The summed E-state index contributed by atoms with van der Waals surface area (Å²) in [6.07, 6.45) is 3.63. The van der Waals surface area contributed by atoms with Gasteiger partial charge in [0.25, 0.3) is 0 Å². The van der Waals surface area contributed by atoms with E-state index < -0.39 is 0 Å². The van der Waals surface area contributed by atoms with E-state index in [0.29, 0.717) is 18.6 Å². The van der Waals surface area contributed by atoms with Crippen molar-refractivity contribution in [2.24, 2.45) is 5.92 Å². The summed E-state index contributed by atoms with van der Waals surface area (Å²) >= 11 is 0. The topological polar surface area (TPSA) is 43.4 Å². The molecule has 0 aliphatic rings. The molecule has 3 nitrogen and oxygen atoms in total. The molecule has 0 bridgehead atoms. The van der Waals surface area contributed by atoms with E-state index >= 15 is 0 Å². The standard InChI is InChI=1S/C11H18O3/c1-4-9(10(5-2)8-12)7-11(13)14-6-3/h5,8-9H,4,6-7H2,1-3H3. The van der Waals surface area contributed by atoms with Gasteiger partial charge in [-0.25, -0.2) is 0 Å². The summed E-state index contributed by atoms with van der Waals surface area (Å²) in [6, 6.07) is 0. The quantitative estimate of drug-likeness (QED) is 0.373. The van der Waals surface area contributed by atoms with Gasteiger partial charge in [0.1, 0.15) is 6.29 Å². The lowest BCUT2D eigenvalue weighted by Gasteiger charge is -2.13. The lowest BCUT2D eigenvalue weighted by atomic mass is 9.94. The summed E-state index contributed by atoms with van der Waals surface area (Å²) in [5, 5.41) is 0. The number of rotatable bonds is 6. The molecule has 0 aromatic heterocycles. The first-order chi connectivity index (χ1) is 6.69. The maximum Gasteiger partial charge on any atom is 0.306 e. The predicted molar refractivity (Wildman–Crippen MR) is 54.9 cm³/mol. The third-order valence-electron chi connectivity index (χ3n) is 2.15. The maximum atomic E-state index is 11.2. The molecule has 0 aliphatic heterocycles. The van der Waals surface area contributed by atoms with Crippen LogP contribution in [0, 0.1) is 5.92 Å². The zero-order valence-corrected chi connectivity index (χ0v) is 9.08. The fourth-order valence-corrected chi connectivity index (χ4v) is 1.32. The molecule has 0 saturated heterocycles. The highest BCUT2D eigenvalue weighted by atomic mass is 16.5. The molecule has 0 fully saturated rings. The molecule has 0 aromatic carbocycles. The molecule has 0 spiro atoms. The fraction of sp³-hybridized carbons (Fsp3) is 0.636. The number of allylic oxidation sites excluding steroid dienone is 2. The Kier molecular flexibility index (Phi) is 6.72. The van der Waals surface area contributed by atoms with Gasteiger partial charge in [-0.3, -0.25) is 9.59 Å². The highest BCUT2D eigenvalue weighted by Crippen LogP contribution is 2.17. The number of carbonyl (C=O) groups excluding carboxylic acids is 2. The van der Waals surface area contributed by atoms with Crippen LogP contribution in [0.4, 0.5) is 0 Å². The van der Waals surface area contributed by atoms with Crippen molar-refractivity contribution >= 4 is 12.3 Å². The average molecular weight is 198 g/mol. The average Bonchev–Trinajstić information content (AvgIpc) is 2.18. The van der Waals surface area contributed by atoms with Gasteiger partial charge in [0.05, 0.1) is 13.0 Å². The predicted octanol–water partition coefficient (Wildman–Crippen LogP) is 2.11. The monoisotopic (exact) mass is 198 g/mol. The normalized spacial score (nSPS) is 13.5. The summed E-state index contributed by atoms with van der Waals surface area (Å²) in [4.78, 5) is 21.8. The summed E-state index contributed by atoms with van der Waals surface area (Å²) in [6.45, 7) is 5.92. The van der Waals surface area contributed by atoms with E-state index in [0.717, 1.165) is 12.7 Å². The van der Waals surface area contributed by atoms with E-state index in [1.165, 1.54) is 0 Å². The molecule has 0 amide bonds. The number of hydrogen-bond donors (Lipinski definition) is 0. The lowest BCUT2D eigenvalue weighted by molar-refractivity contribution is -0.143. The van der Waals surface area contributed by atoms with Crippen molar-refractivity contribution in [3.8, 4) is 0 Å². The van der Waals surface area contributed by atoms with Crippen LogP contribution in [0.15, 0.2) is 11.6 Å². The van der Waals surface area contributed by atoms with Crippen LogP contribution in [-0.4, -0.2) is 18.9 Å². The van der Waals surface area contributed by atoms with Gasteiger partial charge < -0.3 is 4.74 Å². The Bertz CT molecular complexity index is 219. The van der Waals surface area contributed by atoms with Crippen molar-refractivity contribution in [1.29, 1.82) is 0 Å². The molecule has 80 valence electrons. The molecular weight excluding hydrogens is 180 g/mol. The van der Waals surface area contributed by atoms with E-state index in [1.807, 2.05) is 6.92 Å². The molecule has 3 heteroatoms. The highest BCUT2D eigenvalue weighted by Gasteiger charge is 2.16. The first-order valence-corrected chi connectivity index (χ1v) is 4.96. The van der Waals surface area contributed by atoms with Crippen LogP contribution in [0.1, 0.15) is 33.6 Å². The van der Waals surface area contributed by atoms with Crippen LogP contribution in [0.25, 0.3) is 0 Å². The molecule has 1 atom stereocenters. The minimum Gasteiger partial charge on any atom is -0.466 e. The number of hydrogen-bond acceptors (Lipinski definition) is 3. The van der Waals surface area contributed by atoms with E-state index in [9.17, 15) is 9.59 Å². The Morgan fingerprint density at radius 1 is 1.43 bits per heavy atom. The van der Waals surface area contributed by atoms with Crippen LogP contribution < -0.4 is 0 Å². The van der Waals surface area contributed by atoms with Gasteiger partial charge in [0, 0.05) is 0 Å². The molecule has 0 rings (SSSR count). The Balaban J connectivity index is 4.28. The summed E-state index contributed by atoms with van der Waals surface area (Å²) in [7, 11) is 0. The molecule has 14 heavy (non-hydrogen) atoms. The first-order valence-electron chi connectivity index (χ1n) is 4.96. The van der Waals surface area contributed by atoms with Crippen molar-refractivity contribution in [3.63, 3.8) is 0 Å². The van der Waals surface area contributed by atoms with E-state index in [4.69, 9.17) is 4.74 Å². The van der Waals surface area contributed by atoms with Crippen LogP contribution >= 0.6 is 0 Å². The van der Waals surface area contributed by atoms with Crippen molar-refractivity contribution in [3.05, 3.63) is 11.6 Å². The van der Waals surface area contributed by atoms with E-state index in [-0.39, 0.29) is 11.9 Å². The Labute approximate surface area is 85.1 Å². The second-order valence-electron chi connectivity index (χ2n) is 3.02. The minimum atomic E-state index is -0.236. The Hall–Kier alpha value is -1.12. The SMILES string of the molecule is CC=C(C=O)C(CC)CC(=O)OCC. The van der Waals surface area contributed by atoms with Crippen LogP contribution in [0.3, 0.4) is 0 Å². The Morgan fingerprint density at radius 3 is 2.43 bits per heavy atom. The number of aldehydes is 1. The van der Waals surface area contributed by atoms with Crippen molar-refractivity contribution in [2.75, 3.05) is 6.61 Å². The fourth-order valence-electron chi connectivity index (χ4n) is 1.32. The summed E-state index contributed by atoms with van der Waals surface area (Å²) in [5.41, 5.74) is 0.681. The first kappa shape index (κ1) is 12.9. The second-order valence-corrected chi connectivity index (χ2v) is 3.02. The van der Waals surface area contributed by atoms with Gasteiger partial charge in [-0.1, -0.05) is 13.0 Å². The van der Waals surface area contributed by atoms with Crippen LogP contribution in [-0.2, 0) is 14.3 Å². The molecule has 1 unspecified atom stereocenters. The maximum absolute atomic E-state index is 11.2. The van der Waals surface area contributed by atoms with Gasteiger partial charge in [-0.05, 0) is 31.8 Å². The Morgan fingerprint density at radius 2 is 2.07 bits per heavy atom. The van der Waals surface area contributed by atoms with Crippen LogP contribution in [0.5, 0.6) is 0 Å². The molecule has 0 aliphatic carbocycles. The largest absolute Gasteiger partial charge is 0.466 e. The van der Waals surface area contributed by atoms with Crippen molar-refractivity contribution in [2.45, 2.75) is 33.6 Å². The number of ether oxygens (including phenoxy) is 1. The smallest absolute Gasteiger partial charge is 0.306 e. The van der Waals surface area contributed by atoms with Gasteiger partial charge in [0.2, 0.25) is 0 Å². The van der Waals surface area contributed by atoms with Gasteiger partial charge in [-0.15, -0.1) is 0 Å². The van der Waals surface area contributed by atoms with Crippen molar-refractivity contribution in [1.82, 2.24) is 0 Å². The third kappa shape index (κ3) is 4.21. The number of carbonyl (C=O) groups is 2. The minimum absolute atomic E-state index is 0.00319. The molecule has 0 aromatic rings. The molecule has 0 N–H and O–H groups in total. The summed E-state index contributed by atoms with van der Waals surface area (Å²) in [5.74, 6) is -0.239. The zero-order valence-electron chi connectivity index (χ0n) is 9.08. The van der Waals surface area contributed by atoms with E-state index in [2.05, 4.69) is 0 Å². The number of esters is 1. The second kappa shape index (κ2) is 7.30. The zero-order chi connectivity index (χ0) is 11.0. The van der Waals surface area contributed by atoms with E-state index in [1.54, 1.807) is 19.9 Å². The van der Waals surface area contributed by atoms with Crippen LogP contribution in [0.2, 0.25) is 0 Å². The summed E-state index contributed by atoms with van der Waals surface area (Å²) < 4.78 is 4.83. The molecule has 0 heterocycles. The van der Waals surface area contributed by atoms with Gasteiger partial charge in [-0.2, -0.15) is 0 Å².